The van der Waals surface area contributed by atoms with Gasteiger partial charge in [0.25, 0.3) is 0 Å². The van der Waals surface area contributed by atoms with Crippen molar-refractivity contribution < 1.29 is 4.74 Å². The Morgan fingerprint density at radius 2 is 1.93 bits per heavy atom. The topological polar surface area (TPSA) is 37.4 Å². The predicted molar refractivity (Wildman–Crippen MR) is 121 cm³/mol. The van der Waals surface area contributed by atoms with Crippen molar-refractivity contribution in [2.75, 3.05) is 38.4 Å². The molecular formula is C22H27Cl2N3O. The Labute approximate surface area is 176 Å². The molecule has 0 saturated carbocycles. The highest BCUT2D eigenvalue weighted by Crippen LogP contribution is 2.34. The zero-order valence-corrected chi connectivity index (χ0v) is 18.1. The van der Waals surface area contributed by atoms with E-state index in [-0.39, 0.29) is 0 Å². The monoisotopic (exact) mass is 419 g/mol. The van der Waals surface area contributed by atoms with Gasteiger partial charge >= 0.3 is 0 Å². The van der Waals surface area contributed by atoms with Crippen molar-refractivity contribution in [2.24, 2.45) is 0 Å². The zero-order chi connectivity index (χ0) is 20.1. The number of rotatable bonds is 9. The third kappa shape index (κ3) is 4.99. The van der Waals surface area contributed by atoms with Gasteiger partial charge in [-0.3, -0.25) is 0 Å². The van der Waals surface area contributed by atoms with Gasteiger partial charge in [-0.25, -0.2) is 4.98 Å². The number of ether oxygens (including phenoxy) is 1. The fourth-order valence-electron chi connectivity index (χ4n) is 3.42. The van der Waals surface area contributed by atoms with E-state index in [1.165, 1.54) is 0 Å². The number of hydrogen-bond donors (Lipinski definition) is 1. The molecule has 1 heterocycles. The molecular weight excluding hydrogens is 393 g/mol. The van der Waals surface area contributed by atoms with Crippen LogP contribution in [-0.2, 0) is 0 Å². The van der Waals surface area contributed by atoms with Gasteiger partial charge in [-0.2, -0.15) is 0 Å². The van der Waals surface area contributed by atoms with Crippen LogP contribution in [0.3, 0.4) is 0 Å². The molecule has 0 radical (unpaired) electrons. The quantitative estimate of drug-likeness (QED) is 0.351. The molecule has 28 heavy (non-hydrogen) atoms. The summed E-state index contributed by atoms with van der Waals surface area (Å²) in [5.41, 5.74) is 2.89. The Morgan fingerprint density at radius 1 is 1.11 bits per heavy atom. The number of nitrogens with zero attached hydrogens (tertiary/aromatic N) is 2. The van der Waals surface area contributed by atoms with Gasteiger partial charge in [0.1, 0.15) is 5.75 Å². The van der Waals surface area contributed by atoms with E-state index in [0.29, 0.717) is 16.9 Å². The normalized spacial score (nSPS) is 12.6. The zero-order valence-electron chi connectivity index (χ0n) is 16.6. The van der Waals surface area contributed by atoms with Crippen LogP contribution in [0.1, 0.15) is 19.8 Å². The van der Waals surface area contributed by atoms with Gasteiger partial charge in [0.05, 0.1) is 23.8 Å². The minimum Gasteiger partial charge on any atom is -0.497 e. The van der Waals surface area contributed by atoms with E-state index in [0.717, 1.165) is 59.2 Å². The molecule has 6 heteroatoms. The first kappa shape index (κ1) is 21.0. The van der Waals surface area contributed by atoms with Crippen molar-refractivity contribution in [1.82, 2.24) is 9.88 Å². The van der Waals surface area contributed by atoms with Crippen LogP contribution < -0.4 is 10.1 Å². The number of fused-ring (bicyclic) bond motifs is 2. The molecule has 150 valence electrons. The Morgan fingerprint density at radius 3 is 2.68 bits per heavy atom. The van der Waals surface area contributed by atoms with Crippen molar-refractivity contribution >= 4 is 50.7 Å². The summed E-state index contributed by atoms with van der Waals surface area (Å²) in [7, 11) is 3.79. The van der Waals surface area contributed by atoms with Crippen LogP contribution in [0.15, 0.2) is 36.4 Å². The summed E-state index contributed by atoms with van der Waals surface area (Å²) in [4.78, 5) is 7.06. The van der Waals surface area contributed by atoms with Crippen molar-refractivity contribution in [3.8, 4) is 5.75 Å². The standard InChI is InChI=1S/C22H27Cl2N3O/c1-15(5-4-11-27(2)12-10-23)25-22-18-8-6-16(24)13-21(18)26-20-9-7-17(28-3)14-19(20)22/h6-9,13-15H,4-5,10-12H2,1-3H3,(H,25,26). The molecule has 1 atom stereocenters. The maximum Gasteiger partial charge on any atom is 0.119 e. The van der Waals surface area contributed by atoms with E-state index < -0.39 is 0 Å². The van der Waals surface area contributed by atoms with Crippen LogP contribution in [0.2, 0.25) is 5.02 Å². The molecule has 0 bridgehead atoms. The summed E-state index contributed by atoms with van der Waals surface area (Å²) in [6.07, 6.45) is 2.17. The lowest BCUT2D eigenvalue weighted by atomic mass is 10.1. The molecule has 3 aromatic rings. The van der Waals surface area contributed by atoms with E-state index >= 15 is 0 Å². The molecule has 1 N–H and O–H groups in total. The second kappa shape index (κ2) is 9.64. The fourth-order valence-corrected chi connectivity index (χ4v) is 3.88. The van der Waals surface area contributed by atoms with Gasteiger partial charge < -0.3 is 15.0 Å². The second-order valence-corrected chi connectivity index (χ2v) is 8.03. The van der Waals surface area contributed by atoms with E-state index in [9.17, 15) is 0 Å². The number of methoxy groups -OCH3 is 1. The lowest BCUT2D eigenvalue weighted by molar-refractivity contribution is 0.342. The minimum atomic E-state index is 0.320. The average molecular weight is 420 g/mol. The minimum absolute atomic E-state index is 0.320. The molecule has 0 spiro atoms. The lowest BCUT2D eigenvalue weighted by Gasteiger charge is -2.21. The van der Waals surface area contributed by atoms with Crippen LogP contribution in [0.4, 0.5) is 5.69 Å². The van der Waals surface area contributed by atoms with Gasteiger partial charge in [0.15, 0.2) is 0 Å². The summed E-state index contributed by atoms with van der Waals surface area (Å²) >= 11 is 12.0. The molecule has 0 aliphatic rings. The highest BCUT2D eigenvalue weighted by atomic mass is 35.5. The van der Waals surface area contributed by atoms with Crippen molar-refractivity contribution in [2.45, 2.75) is 25.8 Å². The number of anilines is 1. The van der Waals surface area contributed by atoms with Gasteiger partial charge in [-0.15, -0.1) is 11.6 Å². The molecule has 0 aliphatic carbocycles. The first-order valence-corrected chi connectivity index (χ1v) is 10.5. The third-order valence-electron chi connectivity index (χ3n) is 4.98. The van der Waals surface area contributed by atoms with Gasteiger partial charge in [-0.05, 0) is 69.8 Å². The van der Waals surface area contributed by atoms with E-state index in [1.54, 1.807) is 7.11 Å². The molecule has 0 saturated heterocycles. The number of pyridine rings is 1. The van der Waals surface area contributed by atoms with Gasteiger partial charge in [-0.1, -0.05) is 11.6 Å². The Hall–Kier alpha value is -1.75. The Kier molecular flexibility index (Phi) is 7.22. The molecule has 0 aliphatic heterocycles. The number of aromatic nitrogens is 1. The summed E-state index contributed by atoms with van der Waals surface area (Å²) in [5, 5.41) is 6.53. The number of halogens is 2. The smallest absolute Gasteiger partial charge is 0.119 e. The van der Waals surface area contributed by atoms with Gasteiger partial charge in [0.2, 0.25) is 0 Å². The maximum atomic E-state index is 6.20. The molecule has 1 aromatic heterocycles. The summed E-state index contributed by atoms with van der Waals surface area (Å²) in [6.45, 7) is 4.18. The van der Waals surface area contributed by atoms with Crippen LogP contribution >= 0.6 is 23.2 Å². The van der Waals surface area contributed by atoms with E-state index in [4.69, 9.17) is 32.9 Å². The highest BCUT2D eigenvalue weighted by Gasteiger charge is 2.13. The van der Waals surface area contributed by atoms with Crippen LogP contribution in [-0.4, -0.2) is 49.1 Å². The first-order chi connectivity index (χ1) is 13.5. The number of nitrogens with one attached hydrogen (secondary N) is 1. The van der Waals surface area contributed by atoms with Crippen LogP contribution in [0, 0.1) is 0 Å². The van der Waals surface area contributed by atoms with E-state index in [2.05, 4.69) is 24.2 Å². The Bertz CT molecular complexity index is 948. The van der Waals surface area contributed by atoms with Crippen molar-refractivity contribution in [1.29, 1.82) is 0 Å². The number of alkyl halides is 1. The first-order valence-electron chi connectivity index (χ1n) is 9.60. The number of benzene rings is 2. The van der Waals surface area contributed by atoms with Crippen molar-refractivity contribution in [3.63, 3.8) is 0 Å². The van der Waals surface area contributed by atoms with Crippen LogP contribution in [0.25, 0.3) is 21.8 Å². The third-order valence-corrected chi connectivity index (χ3v) is 5.38. The second-order valence-electron chi connectivity index (χ2n) is 7.21. The summed E-state index contributed by atoms with van der Waals surface area (Å²) in [6, 6.07) is 12.1. The predicted octanol–water partition coefficient (Wildman–Crippen LogP) is 5.80. The van der Waals surface area contributed by atoms with Crippen LogP contribution in [0.5, 0.6) is 5.75 Å². The molecule has 0 amide bonds. The summed E-state index contributed by atoms with van der Waals surface area (Å²) < 4.78 is 5.43. The largest absolute Gasteiger partial charge is 0.497 e. The number of hydrogen-bond acceptors (Lipinski definition) is 4. The molecule has 1 unspecified atom stereocenters. The molecule has 0 fully saturated rings. The fraction of sp³-hybridized carbons (Fsp3) is 0.409. The van der Waals surface area contributed by atoms with Crippen molar-refractivity contribution in [3.05, 3.63) is 41.4 Å². The Balaban J connectivity index is 1.90. The van der Waals surface area contributed by atoms with E-state index in [1.807, 2.05) is 36.4 Å². The SMILES string of the molecule is COc1ccc2nc3cc(Cl)ccc3c(NC(C)CCCN(C)CCCl)c2c1. The molecule has 2 aromatic carbocycles. The lowest BCUT2D eigenvalue weighted by Crippen LogP contribution is -2.24. The molecule has 3 rings (SSSR count). The average Bonchev–Trinajstić information content (AvgIpc) is 2.67. The highest BCUT2D eigenvalue weighted by molar-refractivity contribution is 6.31. The van der Waals surface area contributed by atoms with Gasteiger partial charge in [0, 0.05) is 34.3 Å². The molecule has 4 nitrogen and oxygen atoms in total. The summed E-state index contributed by atoms with van der Waals surface area (Å²) in [5.74, 6) is 1.49. The maximum absolute atomic E-state index is 6.20.